The quantitative estimate of drug-likeness (QED) is 0.791. The number of hydrogen-bond donors (Lipinski definition) is 1. The lowest BCUT2D eigenvalue weighted by molar-refractivity contribution is 0.755. The van der Waals surface area contributed by atoms with Gasteiger partial charge >= 0.3 is 0 Å². The Morgan fingerprint density at radius 1 is 1.25 bits per heavy atom. The Morgan fingerprint density at radius 2 is 2.06 bits per heavy atom. The summed E-state index contributed by atoms with van der Waals surface area (Å²) in [6.07, 6.45) is 1.83. The average Bonchev–Trinajstić information content (AvgIpc) is 2.57. The zero-order valence-electron chi connectivity index (χ0n) is 9.64. The van der Waals surface area contributed by atoms with Crippen LogP contribution in [-0.4, -0.2) is 14.8 Å². The van der Waals surface area contributed by atoms with Crippen molar-refractivity contribution in [1.29, 1.82) is 0 Å². The van der Waals surface area contributed by atoms with Gasteiger partial charge in [-0.25, -0.2) is 0 Å². The summed E-state index contributed by atoms with van der Waals surface area (Å²) in [5, 5.41) is 8.17. The van der Waals surface area contributed by atoms with Crippen molar-refractivity contribution < 1.29 is 0 Å². The van der Waals surface area contributed by atoms with Crippen LogP contribution in [0, 0.1) is 6.92 Å². The molecule has 0 saturated carbocycles. The Labute approximate surface area is 95.1 Å². The zero-order chi connectivity index (χ0) is 11.5. The second kappa shape index (κ2) is 4.35. The number of nitrogens with zero attached hydrogens (tertiary/aromatic N) is 3. The van der Waals surface area contributed by atoms with Crippen molar-refractivity contribution in [3.63, 3.8) is 0 Å². The maximum atomic E-state index is 5.73. The van der Waals surface area contributed by atoms with Crippen molar-refractivity contribution in [2.45, 2.75) is 19.8 Å². The Hall–Kier alpha value is -1.84. The minimum atomic E-state index is 0.812. The fourth-order valence-corrected chi connectivity index (χ4v) is 1.67. The van der Waals surface area contributed by atoms with Gasteiger partial charge in [-0.2, -0.15) is 0 Å². The van der Waals surface area contributed by atoms with Crippen LogP contribution in [0.2, 0.25) is 0 Å². The highest BCUT2D eigenvalue weighted by atomic mass is 15.3. The first-order valence-corrected chi connectivity index (χ1v) is 5.36. The molecule has 2 rings (SSSR count). The Morgan fingerprint density at radius 3 is 2.69 bits per heavy atom. The summed E-state index contributed by atoms with van der Waals surface area (Å²) in [6.45, 7) is 1.96. The number of nitrogen functional groups attached to an aromatic ring is 1. The maximum absolute atomic E-state index is 5.73. The lowest BCUT2D eigenvalue weighted by atomic mass is 10.1. The largest absolute Gasteiger partial charge is 0.399 e. The molecule has 1 heterocycles. The minimum Gasteiger partial charge on any atom is -0.399 e. The van der Waals surface area contributed by atoms with Gasteiger partial charge in [-0.1, -0.05) is 12.1 Å². The summed E-state index contributed by atoms with van der Waals surface area (Å²) < 4.78 is 2.02. The Kier molecular flexibility index (Phi) is 2.90. The first kappa shape index (κ1) is 10.7. The van der Waals surface area contributed by atoms with Crippen LogP contribution >= 0.6 is 0 Å². The van der Waals surface area contributed by atoms with Gasteiger partial charge in [-0.05, 0) is 31.0 Å². The van der Waals surface area contributed by atoms with Gasteiger partial charge in [0.25, 0.3) is 0 Å². The summed E-state index contributed by atoms with van der Waals surface area (Å²) in [5.41, 5.74) is 7.78. The number of aryl methyl sites for hydroxylation is 3. The first-order chi connectivity index (χ1) is 7.66. The number of aromatic nitrogens is 3. The second-order valence-corrected chi connectivity index (χ2v) is 3.97. The number of anilines is 1. The van der Waals surface area contributed by atoms with Crippen LogP contribution in [0.5, 0.6) is 0 Å². The highest BCUT2D eigenvalue weighted by Gasteiger charge is 2.04. The van der Waals surface area contributed by atoms with E-state index in [0.29, 0.717) is 0 Å². The van der Waals surface area contributed by atoms with Crippen molar-refractivity contribution in [3.05, 3.63) is 41.5 Å². The number of benzene rings is 1. The molecule has 1 aromatic carbocycles. The normalized spacial score (nSPS) is 10.6. The standard InChI is InChI=1S/C12H16N4/c1-9-14-15-12(16(9)2)7-6-10-4-3-5-11(13)8-10/h3-5,8H,6-7,13H2,1-2H3. The molecule has 0 unspecified atom stereocenters. The van der Waals surface area contributed by atoms with Crippen molar-refractivity contribution >= 4 is 5.69 Å². The van der Waals surface area contributed by atoms with Gasteiger partial charge in [0, 0.05) is 19.2 Å². The molecule has 0 aliphatic carbocycles. The highest BCUT2D eigenvalue weighted by molar-refractivity contribution is 5.40. The third-order valence-corrected chi connectivity index (χ3v) is 2.77. The van der Waals surface area contributed by atoms with Gasteiger partial charge in [0.05, 0.1) is 0 Å². The smallest absolute Gasteiger partial charge is 0.133 e. The van der Waals surface area contributed by atoms with Crippen LogP contribution in [0.3, 0.4) is 0 Å². The van der Waals surface area contributed by atoms with Gasteiger partial charge in [0.15, 0.2) is 0 Å². The van der Waals surface area contributed by atoms with E-state index >= 15 is 0 Å². The van der Waals surface area contributed by atoms with Gasteiger partial charge in [-0.3, -0.25) is 0 Å². The number of nitrogens with two attached hydrogens (primary N) is 1. The Bertz CT molecular complexity index is 488. The lowest BCUT2D eigenvalue weighted by Crippen LogP contribution is -2.02. The molecule has 0 saturated heterocycles. The summed E-state index contributed by atoms with van der Waals surface area (Å²) in [5.74, 6) is 1.96. The number of rotatable bonds is 3. The molecule has 84 valence electrons. The molecule has 0 atom stereocenters. The zero-order valence-corrected chi connectivity index (χ0v) is 9.64. The predicted molar refractivity (Wildman–Crippen MR) is 64.0 cm³/mol. The topological polar surface area (TPSA) is 56.7 Å². The van der Waals surface area contributed by atoms with E-state index in [0.717, 1.165) is 30.2 Å². The molecule has 0 fully saturated rings. The monoisotopic (exact) mass is 216 g/mol. The first-order valence-electron chi connectivity index (χ1n) is 5.36. The van der Waals surface area contributed by atoms with E-state index in [1.54, 1.807) is 0 Å². The molecule has 0 aliphatic rings. The van der Waals surface area contributed by atoms with Gasteiger partial charge < -0.3 is 10.3 Å². The third kappa shape index (κ3) is 2.21. The summed E-state index contributed by atoms with van der Waals surface area (Å²) in [7, 11) is 1.99. The van der Waals surface area contributed by atoms with E-state index < -0.39 is 0 Å². The van der Waals surface area contributed by atoms with Crippen LogP contribution in [0.25, 0.3) is 0 Å². The molecule has 0 amide bonds. The average molecular weight is 216 g/mol. The molecule has 0 aliphatic heterocycles. The second-order valence-electron chi connectivity index (χ2n) is 3.97. The fourth-order valence-electron chi connectivity index (χ4n) is 1.67. The van der Waals surface area contributed by atoms with E-state index in [1.807, 2.05) is 36.7 Å². The Balaban J connectivity index is 2.05. The van der Waals surface area contributed by atoms with Crippen LogP contribution in [0.4, 0.5) is 5.69 Å². The molecule has 1 aromatic heterocycles. The molecule has 4 nitrogen and oxygen atoms in total. The van der Waals surface area contributed by atoms with E-state index in [2.05, 4.69) is 16.3 Å². The molecule has 0 bridgehead atoms. The molecular formula is C12H16N4. The number of hydrogen-bond acceptors (Lipinski definition) is 3. The predicted octanol–water partition coefficient (Wildman–Crippen LogP) is 1.49. The van der Waals surface area contributed by atoms with E-state index in [4.69, 9.17) is 5.73 Å². The SMILES string of the molecule is Cc1nnc(CCc2cccc(N)c2)n1C. The van der Waals surface area contributed by atoms with Crippen molar-refractivity contribution in [2.24, 2.45) is 7.05 Å². The minimum absolute atomic E-state index is 0.812. The lowest BCUT2D eigenvalue weighted by Gasteiger charge is -2.03. The molecule has 4 heteroatoms. The van der Waals surface area contributed by atoms with Gasteiger partial charge in [-0.15, -0.1) is 10.2 Å². The van der Waals surface area contributed by atoms with E-state index in [9.17, 15) is 0 Å². The van der Waals surface area contributed by atoms with E-state index in [-0.39, 0.29) is 0 Å². The molecule has 0 spiro atoms. The van der Waals surface area contributed by atoms with Crippen molar-refractivity contribution in [3.8, 4) is 0 Å². The summed E-state index contributed by atoms with van der Waals surface area (Å²) in [4.78, 5) is 0. The molecule has 0 radical (unpaired) electrons. The molecule has 2 N–H and O–H groups in total. The van der Waals surface area contributed by atoms with Crippen LogP contribution in [0.15, 0.2) is 24.3 Å². The fraction of sp³-hybridized carbons (Fsp3) is 0.333. The van der Waals surface area contributed by atoms with Crippen molar-refractivity contribution in [1.82, 2.24) is 14.8 Å². The van der Waals surface area contributed by atoms with Crippen LogP contribution in [-0.2, 0) is 19.9 Å². The molecular weight excluding hydrogens is 200 g/mol. The maximum Gasteiger partial charge on any atom is 0.133 e. The van der Waals surface area contributed by atoms with Crippen molar-refractivity contribution in [2.75, 3.05) is 5.73 Å². The van der Waals surface area contributed by atoms with Crippen LogP contribution < -0.4 is 5.73 Å². The summed E-state index contributed by atoms with van der Waals surface area (Å²) in [6, 6.07) is 7.96. The van der Waals surface area contributed by atoms with Gasteiger partial charge in [0.1, 0.15) is 11.6 Å². The molecule has 16 heavy (non-hydrogen) atoms. The third-order valence-electron chi connectivity index (χ3n) is 2.77. The van der Waals surface area contributed by atoms with Crippen LogP contribution in [0.1, 0.15) is 17.2 Å². The van der Waals surface area contributed by atoms with E-state index in [1.165, 1.54) is 5.56 Å². The highest BCUT2D eigenvalue weighted by Crippen LogP contribution is 2.09. The van der Waals surface area contributed by atoms with Gasteiger partial charge in [0.2, 0.25) is 0 Å². The summed E-state index contributed by atoms with van der Waals surface area (Å²) >= 11 is 0. The molecule has 2 aromatic rings.